The second kappa shape index (κ2) is 5.24. The predicted molar refractivity (Wildman–Crippen MR) is 74.8 cm³/mol. The van der Waals surface area contributed by atoms with Gasteiger partial charge in [0.1, 0.15) is 0 Å². The fourth-order valence-corrected chi connectivity index (χ4v) is 1.88. The van der Waals surface area contributed by atoms with Gasteiger partial charge >= 0.3 is 0 Å². The molecule has 0 spiro atoms. The van der Waals surface area contributed by atoms with Crippen LogP contribution in [0.4, 0.5) is 11.4 Å². The normalized spacial score (nSPS) is 9.25. The van der Waals surface area contributed by atoms with E-state index in [4.69, 9.17) is 0 Å². The molecule has 0 saturated carbocycles. The van der Waals surface area contributed by atoms with Crippen LogP contribution in [-0.4, -0.2) is 10.3 Å². The number of isothiocyanates is 2. The maximum Gasteiger partial charge on any atom is 0.0804 e. The van der Waals surface area contributed by atoms with E-state index >= 15 is 0 Å². The van der Waals surface area contributed by atoms with Gasteiger partial charge in [-0.05, 0) is 74.4 Å². The summed E-state index contributed by atoms with van der Waals surface area (Å²) < 4.78 is 0. The molecule has 0 aliphatic heterocycles. The lowest BCUT2D eigenvalue weighted by molar-refractivity contribution is 1.21. The van der Waals surface area contributed by atoms with E-state index in [1.54, 1.807) is 0 Å². The summed E-state index contributed by atoms with van der Waals surface area (Å²) in [7, 11) is 0. The lowest BCUT2D eigenvalue weighted by Crippen LogP contribution is -1.92. The van der Waals surface area contributed by atoms with Crippen molar-refractivity contribution in [3.63, 3.8) is 0 Å². The molecule has 1 rings (SSSR count). The highest BCUT2D eigenvalue weighted by atomic mass is 32.1. The Bertz CT molecular complexity index is 456. The van der Waals surface area contributed by atoms with Crippen LogP contribution in [0.3, 0.4) is 0 Å². The largest absolute Gasteiger partial charge is 0.194 e. The topological polar surface area (TPSA) is 24.7 Å². The maximum atomic E-state index is 4.65. The molecule has 0 heterocycles. The lowest BCUT2D eigenvalue weighted by Gasteiger charge is -2.13. The standard InChI is InChI=1S/C12H12N2S2/c1-7-8(2)12(14-6-16)10(4)9(3)11(7)13-5-15/h1-4H3. The summed E-state index contributed by atoms with van der Waals surface area (Å²) in [5, 5.41) is 4.83. The van der Waals surface area contributed by atoms with Crippen LogP contribution in [0.2, 0.25) is 0 Å². The van der Waals surface area contributed by atoms with E-state index in [1.807, 2.05) is 27.7 Å². The van der Waals surface area contributed by atoms with Crippen molar-refractivity contribution < 1.29 is 0 Å². The van der Waals surface area contributed by atoms with E-state index in [2.05, 4.69) is 44.7 Å². The summed E-state index contributed by atoms with van der Waals surface area (Å²) in [6.07, 6.45) is 0. The van der Waals surface area contributed by atoms with Crippen molar-refractivity contribution in [3.05, 3.63) is 22.3 Å². The molecule has 0 bridgehead atoms. The first kappa shape index (κ1) is 12.9. The van der Waals surface area contributed by atoms with Gasteiger partial charge in [0.15, 0.2) is 0 Å². The van der Waals surface area contributed by atoms with E-state index in [0.717, 1.165) is 33.6 Å². The molecule has 0 aliphatic rings. The van der Waals surface area contributed by atoms with E-state index in [9.17, 15) is 0 Å². The van der Waals surface area contributed by atoms with Gasteiger partial charge in [0, 0.05) is 0 Å². The third-order valence-corrected chi connectivity index (χ3v) is 3.04. The molecule has 82 valence electrons. The maximum absolute atomic E-state index is 4.65. The van der Waals surface area contributed by atoms with Crippen molar-refractivity contribution in [1.82, 2.24) is 0 Å². The zero-order valence-electron chi connectivity index (χ0n) is 9.71. The zero-order chi connectivity index (χ0) is 12.3. The van der Waals surface area contributed by atoms with Gasteiger partial charge in [-0.3, -0.25) is 0 Å². The molecule has 0 aliphatic carbocycles. The quantitative estimate of drug-likeness (QED) is 0.573. The first-order valence-electron chi connectivity index (χ1n) is 4.80. The van der Waals surface area contributed by atoms with Crippen LogP contribution in [-0.2, 0) is 0 Å². The van der Waals surface area contributed by atoms with Gasteiger partial charge in [-0.15, -0.1) is 0 Å². The van der Waals surface area contributed by atoms with Crippen LogP contribution < -0.4 is 0 Å². The minimum atomic E-state index is 0.883. The minimum Gasteiger partial charge on any atom is -0.194 e. The highest BCUT2D eigenvalue weighted by Gasteiger charge is 2.13. The third kappa shape index (κ3) is 2.16. The van der Waals surface area contributed by atoms with Gasteiger partial charge in [-0.2, -0.15) is 9.98 Å². The SMILES string of the molecule is Cc1c(C)c(N=C=S)c(C)c(C)c1N=C=S. The van der Waals surface area contributed by atoms with Crippen LogP contribution in [0, 0.1) is 27.7 Å². The average Bonchev–Trinajstić information content (AvgIpc) is 2.28. The Morgan fingerprint density at radius 1 is 0.688 bits per heavy atom. The summed E-state index contributed by atoms with van der Waals surface area (Å²) >= 11 is 9.31. The lowest BCUT2D eigenvalue weighted by atomic mass is 9.96. The molecule has 1 aromatic rings. The Labute approximate surface area is 106 Å². The average molecular weight is 248 g/mol. The number of benzene rings is 1. The molecule has 0 aromatic heterocycles. The van der Waals surface area contributed by atoms with Crippen LogP contribution in [0.25, 0.3) is 0 Å². The Balaban J connectivity index is 3.75. The molecule has 1 aromatic carbocycles. The first-order valence-corrected chi connectivity index (χ1v) is 5.62. The molecule has 0 fully saturated rings. The molecule has 0 N–H and O–H groups in total. The molecule has 2 nitrogen and oxygen atoms in total. The fraction of sp³-hybridized carbons (Fsp3) is 0.333. The van der Waals surface area contributed by atoms with Crippen LogP contribution in [0.15, 0.2) is 9.98 Å². The minimum absolute atomic E-state index is 0.883. The Kier molecular flexibility index (Phi) is 4.22. The third-order valence-electron chi connectivity index (χ3n) is 2.86. The zero-order valence-corrected chi connectivity index (χ0v) is 11.3. The summed E-state index contributed by atoms with van der Waals surface area (Å²) in [6, 6.07) is 0. The highest BCUT2D eigenvalue weighted by molar-refractivity contribution is 7.78. The van der Waals surface area contributed by atoms with Gasteiger partial charge in [0.05, 0.1) is 21.7 Å². The van der Waals surface area contributed by atoms with Crippen LogP contribution >= 0.6 is 24.4 Å². The number of hydrogen-bond donors (Lipinski definition) is 0. The van der Waals surface area contributed by atoms with Crippen molar-refractivity contribution in [1.29, 1.82) is 0 Å². The molecule has 0 atom stereocenters. The summed E-state index contributed by atoms with van der Waals surface area (Å²) in [5.41, 5.74) is 6.00. The molecule has 0 amide bonds. The van der Waals surface area contributed by atoms with Crippen molar-refractivity contribution in [2.75, 3.05) is 0 Å². The van der Waals surface area contributed by atoms with Crippen molar-refractivity contribution >= 4 is 46.1 Å². The molecule has 0 saturated heterocycles. The predicted octanol–water partition coefficient (Wildman–Crippen LogP) is 4.39. The van der Waals surface area contributed by atoms with Crippen molar-refractivity contribution in [3.8, 4) is 0 Å². The van der Waals surface area contributed by atoms with Crippen molar-refractivity contribution in [2.45, 2.75) is 27.7 Å². The van der Waals surface area contributed by atoms with Crippen molar-refractivity contribution in [2.24, 2.45) is 9.98 Å². The van der Waals surface area contributed by atoms with E-state index in [1.165, 1.54) is 0 Å². The smallest absolute Gasteiger partial charge is 0.0804 e. The number of hydrogen-bond acceptors (Lipinski definition) is 4. The van der Waals surface area contributed by atoms with E-state index in [0.29, 0.717) is 0 Å². The van der Waals surface area contributed by atoms with Gasteiger partial charge in [0.2, 0.25) is 0 Å². The molecule has 4 heteroatoms. The molecular formula is C12H12N2S2. The monoisotopic (exact) mass is 248 g/mol. The molecule has 0 radical (unpaired) electrons. The Morgan fingerprint density at radius 2 is 0.938 bits per heavy atom. The number of nitrogens with zero attached hydrogens (tertiary/aromatic N) is 2. The summed E-state index contributed by atoms with van der Waals surface area (Å²) in [6.45, 7) is 7.98. The fourth-order valence-electron chi connectivity index (χ4n) is 1.70. The number of thiocarbonyl (C=S) groups is 2. The highest BCUT2D eigenvalue weighted by Crippen LogP contribution is 2.36. The summed E-state index contributed by atoms with van der Waals surface area (Å²) in [4.78, 5) is 8.21. The van der Waals surface area contributed by atoms with E-state index < -0.39 is 0 Å². The van der Waals surface area contributed by atoms with E-state index in [-0.39, 0.29) is 0 Å². The van der Waals surface area contributed by atoms with Gasteiger partial charge < -0.3 is 0 Å². The van der Waals surface area contributed by atoms with Gasteiger partial charge in [0.25, 0.3) is 0 Å². The molecular weight excluding hydrogens is 236 g/mol. The molecule has 16 heavy (non-hydrogen) atoms. The number of rotatable bonds is 2. The molecule has 0 unspecified atom stereocenters. The second-order valence-electron chi connectivity index (χ2n) is 3.60. The van der Waals surface area contributed by atoms with Crippen LogP contribution in [0.1, 0.15) is 22.3 Å². The Hall–Kier alpha value is -1.18. The van der Waals surface area contributed by atoms with Gasteiger partial charge in [-0.1, -0.05) is 0 Å². The van der Waals surface area contributed by atoms with Gasteiger partial charge in [-0.25, -0.2) is 0 Å². The number of aliphatic imine (C=N–C) groups is 2. The second-order valence-corrected chi connectivity index (χ2v) is 3.97. The first-order chi connectivity index (χ1) is 7.54. The summed E-state index contributed by atoms with van der Waals surface area (Å²) in [5.74, 6) is 0. The Morgan fingerprint density at radius 3 is 1.12 bits per heavy atom. The van der Waals surface area contributed by atoms with Crippen LogP contribution in [0.5, 0.6) is 0 Å².